The van der Waals surface area contributed by atoms with E-state index in [4.69, 9.17) is 9.73 Å². The summed E-state index contributed by atoms with van der Waals surface area (Å²) >= 11 is 0. The van der Waals surface area contributed by atoms with Crippen molar-refractivity contribution in [2.75, 3.05) is 33.3 Å². The van der Waals surface area contributed by atoms with Crippen LogP contribution in [0.5, 0.6) is 5.75 Å². The summed E-state index contributed by atoms with van der Waals surface area (Å²) in [4.78, 5) is 7.50. The SMILES string of the molecule is CCNC(=NCC(c1ccc(OC)cc1)N1CCCCC1)NC1CC1. The van der Waals surface area contributed by atoms with Crippen LogP contribution in [-0.4, -0.2) is 50.2 Å². The Morgan fingerprint density at radius 1 is 1.20 bits per heavy atom. The van der Waals surface area contributed by atoms with Crippen LogP contribution in [0.15, 0.2) is 29.3 Å². The minimum atomic E-state index is 0.334. The summed E-state index contributed by atoms with van der Waals surface area (Å²) in [5.74, 6) is 1.87. The van der Waals surface area contributed by atoms with Crippen molar-refractivity contribution in [3.05, 3.63) is 29.8 Å². The van der Waals surface area contributed by atoms with E-state index in [1.54, 1.807) is 7.11 Å². The van der Waals surface area contributed by atoms with Crippen LogP contribution >= 0.6 is 0 Å². The summed E-state index contributed by atoms with van der Waals surface area (Å²) in [6.07, 6.45) is 6.45. The Morgan fingerprint density at radius 3 is 2.52 bits per heavy atom. The minimum Gasteiger partial charge on any atom is -0.497 e. The first-order valence-electron chi connectivity index (χ1n) is 9.73. The predicted octanol–water partition coefficient (Wildman–Crippen LogP) is 2.94. The van der Waals surface area contributed by atoms with E-state index in [0.717, 1.165) is 24.8 Å². The van der Waals surface area contributed by atoms with Gasteiger partial charge in [-0.05, 0) is 63.4 Å². The van der Waals surface area contributed by atoms with Crippen molar-refractivity contribution in [3.63, 3.8) is 0 Å². The average molecular weight is 345 g/mol. The van der Waals surface area contributed by atoms with Gasteiger partial charge in [-0.15, -0.1) is 0 Å². The number of methoxy groups -OCH3 is 1. The Bertz CT molecular complexity index is 547. The van der Waals surface area contributed by atoms with Crippen LogP contribution in [0.2, 0.25) is 0 Å². The van der Waals surface area contributed by atoms with Crippen molar-refractivity contribution in [2.45, 2.75) is 51.1 Å². The van der Waals surface area contributed by atoms with Gasteiger partial charge in [-0.25, -0.2) is 0 Å². The van der Waals surface area contributed by atoms with Crippen molar-refractivity contribution in [3.8, 4) is 5.75 Å². The number of nitrogens with zero attached hydrogens (tertiary/aromatic N) is 2. The molecule has 1 aliphatic carbocycles. The molecule has 1 aromatic rings. The first-order chi connectivity index (χ1) is 12.3. The predicted molar refractivity (Wildman–Crippen MR) is 103 cm³/mol. The number of nitrogens with one attached hydrogen (secondary N) is 2. The number of guanidine groups is 1. The van der Waals surface area contributed by atoms with E-state index in [1.807, 2.05) is 0 Å². The topological polar surface area (TPSA) is 48.9 Å². The highest BCUT2D eigenvalue weighted by Gasteiger charge is 2.24. The second-order valence-electron chi connectivity index (χ2n) is 7.02. The molecule has 1 heterocycles. The van der Waals surface area contributed by atoms with Crippen LogP contribution < -0.4 is 15.4 Å². The standard InChI is InChI=1S/C20H32N4O/c1-3-21-20(23-17-9-10-17)22-15-19(24-13-5-4-6-14-24)16-7-11-18(25-2)12-8-16/h7-8,11-12,17,19H,3-6,9-10,13-15H2,1-2H3,(H2,21,22,23). The van der Waals surface area contributed by atoms with Crippen molar-refractivity contribution >= 4 is 5.96 Å². The molecule has 1 aromatic carbocycles. The zero-order chi connectivity index (χ0) is 17.5. The number of likely N-dealkylation sites (tertiary alicyclic amines) is 1. The van der Waals surface area contributed by atoms with E-state index in [9.17, 15) is 0 Å². The van der Waals surface area contributed by atoms with E-state index in [0.29, 0.717) is 12.1 Å². The Labute approximate surface area is 151 Å². The number of piperidine rings is 1. The summed E-state index contributed by atoms with van der Waals surface area (Å²) in [7, 11) is 1.72. The molecule has 0 spiro atoms. The molecule has 5 nitrogen and oxygen atoms in total. The molecule has 1 saturated carbocycles. The number of aliphatic imine (C=N–C) groups is 1. The molecule has 3 rings (SSSR count). The molecule has 0 aromatic heterocycles. The van der Waals surface area contributed by atoms with Gasteiger partial charge in [0.1, 0.15) is 5.75 Å². The smallest absolute Gasteiger partial charge is 0.191 e. The van der Waals surface area contributed by atoms with Gasteiger partial charge in [-0.2, -0.15) is 0 Å². The summed E-state index contributed by atoms with van der Waals surface area (Å²) in [5, 5.41) is 6.90. The lowest BCUT2D eigenvalue weighted by Crippen LogP contribution is -2.40. The van der Waals surface area contributed by atoms with Gasteiger partial charge < -0.3 is 15.4 Å². The van der Waals surface area contributed by atoms with Gasteiger partial charge in [0, 0.05) is 12.6 Å². The molecular weight excluding hydrogens is 312 g/mol. The Hall–Kier alpha value is -1.75. The highest BCUT2D eigenvalue weighted by atomic mass is 16.5. The number of hydrogen-bond donors (Lipinski definition) is 2. The van der Waals surface area contributed by atoms with Crippen LogP contribution in [0.4, 0.5) is 0 Å². The lowest BCUT2D eigenvalue weighted by atomic mass is 10.0. The van der Waals surface area contributed by atoms with E-state index in [-0.39, 0.29) is 0 Å². The summed E-state index contributed by atoms with van der Waals surface area (Å²) in [6.45, 7) is 6.14. The van der Waals surface area contributed by atoms with Crippen LogP contribution in [0.1, 0.15) is 50.6 Å². The average Bonchev–Trinajstić information content (AvgIpc) is 3.47. The molecule has 1 saturated heterocycles. The first kappa shape index (κ1) is 18.1. The number of rotatable bonds is 7. The molecule has 2 aliphatic rings. The van der Waals surface area contributed by atoms with E-state index < -0.39 is 0 Å². The third-order valence-electron chi connectivity index (χ3n) is 5.02. The Morgan fingerprint density at radius 2 is 1.92 bits per heavy atom. The lowest BCUT2D eigenvalue weighted by Gasteiger charge is -2.34. The van der Waals surface area contributed by atoms with Crippen molar-refractivity contribution < 1.29 is 4.74 Å². The fraction of sp³-hybridized carbons (Fsp3) is 0.650. The summed E-state index contributed by atoms with van der Waals surface area (Å²) < 4.78 is 5.31. The zero-order valence-corrected chi connectivity index (χ0v) is 15.6. The summed E-state index contributed by atoms with van der Waals surface area (Å²) in [6, 6.07) is 9.45. The zero-order valence-electron chi connectivity index (χ0n) is 15.6. The molecule has 2 N–H and O–H groups in total. The molecular formula is C20H32N4O. The fourth-order valence-corrected chi connectivity index (χ4v) is 3.41. The molecule has 0 radical (unpaired) electrons. The maximum atomic E-state index is 5.31. The van der Waals surface area contributed by atoms with Gasteiger partial charge in [0.05, 0.1) is 19.7 Å². The van der Waals surface area contributed by atoms with Gasteiger partial charge in [0.25, 0.3) is 0 Å². The lowest BCUT2D eigenvalue weighted by molar-refractivity contribution is 0.167. The molecule has 25 heavy (non-hydrogen) atoms. The van der Waals surface area contributed by atoms with E-state index in [1.165, 1.54) is 50.8 Å². The molecule has 1 unspecified atom stereocenters. The molecule has 2 fully saturated rings. The first-order valence-corrected chi connectivity index (χ1v) is 9.73. The Kier molecular flexibility index (Phi) is 6.56. The number of benzene rings is 1. The van der Waals surface area contributed by atoms with Crippen molar-refractivity contribution in [1.29, 1.82) is 0 Å². The van der Waals surface area contributed by atoms with Gasteiger partial charge in [0.2, 0.25) is 0 Å². The maximum Gasteiger partial charge on any atom is 0.191 e. The maximum absolute atomic E-state index is 5.31. The second-order valence-corrected chi connectivity index (χ2v) is 7.02. The number of ether oxygens (including phenoxy) is 1. The van der Waals surface area contributed by atoms with E-state index in [2.05, 4.69) is 46.7 Å². The second kappa shape index (κ2) is 9.09. The van der Waals surface area contributed by atoms with Crippen LogP contribution in [0, 0.1) is 0 Å². The molecule has 0 bridgehead atoms. The van der Waals surface area contributed by atoms with Crippen LogP contribution in [0.25, 0.3) is 0 Å². The highest BCUT2D eigenvalue weighted by Crippen LogP contribution is 2.27. The third-order valence-corrected chi connectivity index (χ3v) is 5.02. The van der Waals surface area contributed by atoms with Gasteiger partial charge in [-0.1, -0.05) is 18.6 Å². The third kappa shape index (κ3) is 5.36. The molecule has 1 aliphatic heterocycles. The van der Waals surface area contributed by atoms with Gasteiger partial charge in [0.15, 0.2) is 5.96 Å². The molecule has 1 atom stereocenters. The van der Waals surface area contributed by atoms with Crippen molar-refractivity contribution in [2.24, 2.45) is 4.99 Å². The molecule has 5 heteroatoms. The van der Waals surface area contributed by atoms with Crippen LogP contribution in [0.3, 0.4) is 0 Å². The van der Waals surface area contributed by atoms with E-state index >= 15 is 0 Å². The number of hydrogen-bond acceptors (Lipinski definition) is 3. The quantitative estimate of drug-likeness (QED) is 0.590. The minimum absolute atomic E-state index is 0.334. The van der Waals surface area contributed by atoms with Gasteiger partial charge in [-0.3, -0.25) is 9.89 Å². The van der Waals surface area contributed by atoms with Gasteiger partial charge >= 0.3 is 0 Å². The van der Waals surface area contributed by atoms with Crippen LogP contribution in [-0.2, 0) is 0 Å². The molecule has 0 amide bonds. The summed E-state index contributed by atoms with van der Waals surface area (Å²) in [5.41, 5.74) is 1.33. The molecule has 138 valence electrons. The monoisotopic (exact) mass is 344 g/mol. The van der Waals surface area contributed by atoms with Crippen molar-refractivity contribution in [1.82, 2.24) is 15.5 Å². The Balaban J connectivity index is 1.74. The normalized spacial score (nSPS) is 20.2. The fourth-order valence-electron chi connectivity index (χ4n) is 3.41. The largest absolute Gasteiger partial charge is 0.497 e. The highest BCUT2D eigenvalue weighted by molar-refractivity contribution is 5.80.